The molecule has 5 heteroatoms. The minimum Gasteiger partial charge on any atom is -0.357 e. The Bertz CT molecular complexity index is 430. The van der Waals surface area contributed by atoms with Gasteiger partial charge in [0, 0.05) is 19.8 Å². The van der Waals surface area contributed by atoms with Gasteiger partial charge in [0.15, 0.2) is 0 Å². The molecule has 1 heterocycles. The number of aromatic nitrogens is 1. The highest BCUT2D eigenvalue weighted by Crippen LogP contribution is 2.25. The molecule has 0 aromatic carbocycles. The Labute approximate surface area is 93.3 Å². The lowest BCUT2D eigenvalue weighted by Gasteiger charge is -2.17. The molecular formula is C10H9ClN4. The average molecular weight is 221 g/mol. The first kappa shape index (κ1) is 11.3. The molecule has 0 spiro atoms. The highest BCUT2D eigenvalue weighted by atomic mass is 35.5. The summed E-state index contributed by atoms with van der Waals surface area (Å²) in [5.41, 5.74) is 0.394. The van der Waals surface area contributed by atoms with Gasteiger partial charge >= 0.3 is 0 Å². The predicted molar refractivity (Wildman–Crippen MR) is 57.5 cm³/mol. The van der Waals surface area contributed by atoms with Crippen LogP contribution in [-0.2, 0) is 0 Å². The topological polar surface area (TPSA) is 63.7 Å². The smallest absolute Gasteiger partial charge is 0.148 e. The van der Waals surface area contributed by atoms with Crippen molar-refractivity contribution >= 4 is 17.4 Å². The van der Waals surface area contributed by atoms with Crippen LogP contribution >= 0.6 is 11.6 Å². The van der Waals surface area contributed by atoms with Gasteiger partial charge in [0.25, 0.3) is 0 Å². The van der Waals surface area contributed by atoms with Crippen LogP contribution in [0.15, 0.2) is 12.3 Å². The first-order chi connectivity index (χ1) is 7.20. The standard InChI is InChI=1S/C10H9ClN4/c1-15(6-2-4-12)10-9(11)8(7-13)3-5-14-10/h3,5H,2,6H2,1H3. The van der Waals surface area contributed by atoms with Crippen LogP contribution in [0.2, 0.25) is 5.02 Å². The van der Waals surface area contributed by atoms with E-state index in [1.165, 1.54) is 6.20 Å². The lowest BCUT2D eigenvalue weighted by Crippen LogP contribution is -2.19. The number of hydrogen-bond donors (Lipinski definition) is 0. The third-order valence-corrected chi connectivity index (χ3v) is 2.28. The number of anilines is 1. The van der Waals surface area contributed by atoms with Crippen molar-refractivity contribution in [2.24, 2.45) is 0 Å². The number of nitriles is 2. The molecule has 0 bridgehead atoms. The third kappa shape index (κ3) is 2.59. The van der Waals surface area contributed by atoms with Gasteiger partial charge in [0.2, 0.25) is 0 Å². The summed E-state index contributed by atoms with van der Waals surface area (Å²) in [4.78, 5) is 5.83. The highest BCUT2D eigenvalue weighted by molar-refractivity contribution is 6.34. The van der Waals surface area contributed by atoms with Gasteiger partial charge in [-0.2, -0.15) is 10.5 Å². The Morgan fingerprint density at radius 2 is 2.27 bits per heavy atom. The van der Waals surface area contributed by atoms with E-state index in [2.05, 4.69) is 4.98 Å². The van der Waals surface area contributed by atoms with Crippen molar-refractivity contribution in [2.75, 3.05) is 18.5 Å². The first-order valence-electron chi connectivity index (χ1n) is 4.33. The average Bonchev–Trinajstić information content (AvgIpc) is 2.26. The normalized spacial score (nSPS) is 9.07. The van der Waals surface area contributed by atoms with Crippen molar-refractivity contribution in [2.45, 2.75) is 6.42 Å². The van der Waals surface area contributed by atoms with Gasteiger partial charge < -0.3 is 4.90 Å². The molecule has 0 unspecified atom stereocenters. The molecule has 0 radical (unpaired) electrons. The van der Waals surface area contributed by atoms with E-state index < -0.39 is 0 Å². The van der Waals surface area contributed by atoms with Crippen molar-refractivity contribution in [3.05, 3.63) is 22.8 Å². The van der Waals surface area contributed by atoms with Crippen LogP contribution in [0, 0.1) is 22.7 Å². The molecule has 0 saturated carbocycles. The monoisotopic (exact) mass is 220 g/mol. The zero-order chi connectivity index (χ0) is 11.3. The van der Waals surface area contributed by atoms with E-state index in [1.54, 1.807) is 18.0 Å². The van der Waals surface area contributed by atoms with Gasteiger partial charge in [-0.25, -0.2) is 4.98 Å². The van der Waals surface area contributed by atoms with E-state index in [0.717, 1.165) is 0 Å². The summed E-state index contributed by atoms with van der Waals surface area (Å²) < 4.78 is 0. The van der Waals surface area contributed by atoms with Gasteiger partial charge in [-0.1, -0.05) is 11.6 Å². The van der Waals surface area contributed by atoms with Crippen LogP contribution in [-0.4, -0.2) is 18.6 Å². The molecule has 1 aromatic heterocycles. The van der Waals surface area contributed by atoms with Gasteiger partial charge in [0.05, 0.1) is 18.1 Å². The Balaban J connectivity index is 2.96. The third-order valence-electron chi connectivity index (χ3n) is 1.91. The second kappa shape index (κ2) is 5.19. The molecule has 0 fully saturated rings. The van der Waals surface area contributed by atoms with Crippen LogP contribution in [0.4, 0.5) is 5.82 Å². The van der Waals surface area contributed by atoms with Gasteiger partial charge in [0.1, 0.15) is 16.9 Å². The summed E-state index contributed by atoms with van der Waals surface area (Å²) in [6.45, 7) is 0.540. The molecular weight excluding hydrogens is 212 g/mol. The molecule has 1 aromatic rings. The second-order valence-electron chi connectivity index (χ2n) is 2.94. The first-order valence-corrected chi connectivity index (χ1v) is 4.71. The number of nitrogens with zero attached hydrogens (tertiary/aromatic N) is 4. The summed E-state index contributed by atoms with van der Waals surface area (Å²) >= 11 is 5.97. The van der Waals surface area contributed by atoms with Crippen LogP contribution in [0.25, 0.3) is 0 Å². The van der Waals surface area contributed by atoms with E-state index >= 15 is 0 Å². The van der Waals surface area contributed by atoms with E-state index in [4.69, 9.17) is 22.1 Å². The maximum absolute atomic E-state index is 8.77. The van der Waals surface area contributed by atoms with Crippen LogP contribution in [0.5, 0.6) is 0 Å². The van der Waals surface area contributed by atoms with Crippen molar-refractivity contribution < 1.29 is 0 Å². The van der Waals surface area contributed by atoms with E-state index in [1.807, 2.05) is 12.1 Å². The summed E-state index contributed by atoms with van der Waals surface area (Å²) in [6, 6.07) is 5.58. The maximum Gasteiger partial charge on any atom is 0.148 e. The fraction of sp³-hybridized carbons (Fsp3) is 0.300. The summed E-state index contributed by atoms with van der Waals surface area (Å²) in [5.74, 6) is 0.533. The van der Waals surface area contributed by atoms with E-state index in [9.17, 15) is 0 Å². The molecule has 0 saturated heterocycles. The molecule has 76 valence electrons. The molecule has 0 aliphatic heterocycles. The lowest BCUT2D eigenvalue weighted by atomic mass is 10.2. The zero-order valence-electron chi connectivity index (χ0n) is 8.24. The maximum atomic E-state index is 8.77. The highest BCUT2D eigenvalue weighted by Gasteiger charge is 2.10. The molecule has 0 aliphatic rings. The van der Waals surface area contributed by atoms with Crippen LogP contribution in [0.3, 0.4) is 0 Å². The SMILES string of the molecule is CN(CCC#N)c1nccc(C#N)c1Cl. The number of pyridine rings is 1. The molecule has 1 rings (SSSR count). The molecule has 0 atom stereocenters. The van der Waals surface area contributed by atoms with E-state index in [0.29, 0.717) is 29.4 Å². The molecule has 15 heavy (non-hydrogen) atoms. The fourth-order valence-corrected chi connectivity index (χ4v) is 1.41. The Morgan fingerprint density at radius 3 is 2.87 bits per heavy atom. The van der Waals surface area contributed by atoms with Crippen molar-refractivity contribution in [1.29, 1.82) is 10.5 Å². The summed E-state index contributed by atoms with van der Waals surface area (Å²) in [5, 5.41) is 17.6. The van der Waals surface area contributed by atoms with Crippen LogP contribution < -0.4 is 4.90 Å². The molecule has 0 amide bonds. The summed E-state index contributed by atoms with van der Waals surface area (Å²) in [7, 11) is 1.78. The van der Waals surface area contributed by atoms with Crippen molar-refractivity contribution in [1.82, 2.24) is 4.98 Å². The molecule has 4 nitrogen and oxygen atoms in total. The van der Waals surface area contributed by atoms with E-state index in [-0.39, 0.29) is 0 Å². The van der Waals surface area contributed by atoms with Gasteiger partial charge in [-0.3, -0.25) is 0 Å². The van der Waals surface area contributed by atoms with Gasteiger partial charge in [-0.05, 0) is 6.07 Å². The number of hydrogen-bond acceptors (Lipinski definition) is 4. The van der Waals surface area contributed by atoms with Crippen molar-refractivity contribution in [3.8, 4) is 12.1 Å². The largest absolute Gasteiger partial charge is 0.357 e. The summed E-state index contributed by atoms with van der Waals surface area (Å²) in [6.07, 6.45) is 1.92. The second-order valence-corrected chi connectivity index (χ2v) is 3.32. The fourth-order valence-electron chi connectivity index (χ4n) is 1.11. The Morgan fingerprint density at radius 1 is 1.53 bits per heavy atom. The minimum atomic E-state index is 0.334. The number of halogens is 1. The Hall–Kier alpha value is -1.78. The minimum absolute atomic E-state index is 0.334. The predicted octanol–water partition coefficient (Wildman–Crippen LogP) is 1.96. The van der Waals surface area contributed by atoms with Gasteiger partial charge in [-0.15, -0.1) is 0 Å². The molecule has 0 aliphatic carbocycles. The quantitative estimate of drug-likeness (QED) is 0.781. The number of rotatable bonds is 3. The van der Waals surface area contributed by atoms with Crippen LogP contribution in [0.1, 0.15) is 12.0 Å². The Kier molecular flexibility index (Phi) is 3.91. The zero-order valence-corrected chi connectivity index (χ0v) is 8.99. The molecule has 0 N–H and O–H groups in total. The lowest BCUT2D eigenvalue weighted by molar-refractivity contribution is 0.884. The van der Waals surface area contributed by atoms with Crippen molar-refractivity contribution in [3.63, 3.8) is 0 Å².